The van der Waals surface area contributed by atoms with Crippen LogP contribution in [0.25, 0.3) is 0 Å². The quantitative estimate of drug-likeness (QED) is 0.155. The molecule has 0 aliphatic carbocycles. The average Bonchev–Trinajstić information content (AvgIpc) is 2.68. The van der Waals surface area contributed by atoms with E-state index in [0.29, 0.717) is 0 Å². The highest BCUT2D eigenvalue weighted by atomic mass is 32.2. The molecular formula is C13H3F18NO3S. The number of anilines is 1. The fourth-order valence-corrected chi connectivity index (χ4v) is 3.24. The van der Waals surface area contributed by atoms with Gasteiger partial charge >= 0.3 is 35.8 Å². The molecule has 1 rings (SSSR count). The van der Waals surface area contributed by atoms with E-state index in [0.717, 1.165) is 0 Å². The molecular weight excluding hydrogens is 592 g/mol. The molecule has 0 aromatic heterocycles. The van der Waals surface area contributed by atoms with Crippen LogP contribution in [0.2, 0.25) is 0 Å². The van der Waals surface area contributed by atoms with Gasteiger partial charge in [0.05, 0.1) is 12.7 Å². The van der Waals surface area contributed by atoms with Crippen molar-refractivity contribution in [2.75, 3.05) is 12.5 Å². The number of alkyl halides is 13. The highest BCUT2D eigenvalue weighted by Crippen LogP contribution is 2.63. The molecule has 0 heterocycles. The molecule has 0 saturated carbocycles. The summed E-state index contributed by atoms with van der Waals surface area (Å²) < 4.78 is 266. The van der Waals surface area contributed by atoms with Gasteiger partial charge in [0.25, 0.3) is 10.1 Å². The highest BCUT2D eigenvalue weighted by Gasteiger charge is 2.91. The van der Waals surface area contributed by atoms with Crippen molar-refractivity contribution in [2.24, 2.45) is 0 Å². The highest BCUT2D eigenvalue weighted by molar-refractivity contribution is 7.86. The second kappa shape index (κ2) is 8.62. The van der Waals surface area contributed by atoms with E-state index in [1.807, 2.05) is 0 Å². The van der Waals surface area contributed by atoms with E-state index in [1.54, 1.807) is 0 Å². The van der Waals surface area contributed by atoms with Gasteiger partial charge in [-0.3, -0.25) is 4.18 Å². The minimum Gasteiger partial charge on any atom is -0.270 e. The molecule has 0 saturated heterocycles. The van der Waals surface area contributed by atoms with Crippen molar-refractivity contribution in [1.82, 2.24) is 0 Å². The van der Waals surface area contributed by atoms with E-state index in [-0.39, 0.29) is 7.11 Å². The molecule has 0 radical (unpaired) electrons. The molecule has 0 N–H and O–H groups in total. The molecule has 0 amide bonds. The van der Waals surface area contributed by atoms with Crippen molar-refractivity contribution in [3.8, 4) is 0 Å². The average molecular weight is 595 g/mol. The SMILES string of the molecule is COS(=O)(=O)c1c(F)c(F)c(N(F)F)c(F)c1C(F)(F)C(F)(F)C(F)(F)C(F)(F)C(F)(F)C(F)(F)F. The zero-order valence-electron chi connectivity index (χ0n) is 15.9. The number of benzene rings is 1. The third-order valence-corrected chi connectivity index (χ3v) is 5.46. The Kier molecular flexibility index (Phi) is 7.59. The molecule has 0 bridgehead atoms. The van der Waals surface area contributed by atoms with Gasteiger partial charge in [-0.1, -0.05) is 8.96 Å². The molecule has 1 aromatic carbocycles. The fraction of sp³-hybridized carbons (Fsp3) is 0.538. The number of hydrogen-bond acceptors (Lipinski definition) is 4. The second-order valence-corrected chi connectivity index (χ2v) is 7.87. The van der Waals surface area contributed by atoms with E-state index in [2.05, 4.69) is 4.18 Å². The van der Waals surface area contributed by atoms with Crippen LogP contribution >= 0.6 is 0 Å². The van der Waals surface area contributed by atoms with Crippen LogP contribution in [0.15, 0.2) is 4.90 Å². The van der Waals surface area contributed by atoms with Crippen molar-refractivity contribution < 1.29 is 91.8 Å². The van der Waals surface area contributed by atoms with Crippen LogP contribution in [0.1, 0.15) is 5.56 Å². The van der Waals surface area contributed by atoms with Crippen LogP contribution in [0.5, 0.6) is 0 Å². The Bertz CT molecular complexity index is 1130. The van der Waals surface area contributed by atoms with E-state index >= 15 is 0 Å². The standard InChI is InChI=1S/C13H3F18NO3S/c1-35-36(33,34)7-2(3(14)6(32(30)31)4(15)5(7)16)8(17,18)9(19,20)10(21,22)11(23,24)12(25,26)13(27,28)29/h1H3. The molecule has 1 aromatic rings. The van der Waals surface area contributed by atoms with Crippen molar-refractivity contribution in [2.45, 2.75) is 40.7 Å². The lowest BCUT2D eigenvalue weighted by molar-refractivity contribution is -0.442. The maximum Gasteiger partial charge on any atom is 0.460 e. The monoisotopic (exact) mass is 595 g/mol. The Hall–Kier alpha value is -2.33. The molecule has 0 aliphatic heterocycles. The van der Waals surface area contributed by atoms with Gasteiger partial charge in [0, 0.05) is 0 Å². The number of rotatable bonds is 8. The second-order valence-electron chi connectivity index (χ2n) is 6.22. The maximum absolute atomic E-state index is 14.4. The third kappa shape index (κ3) is 4.06. The van der Waals surface area contributed by atoms with Crippen molar-refractivity contribution >= 4 is 15.8 Å². The normalized spacial score (nSPS) is 14.9. The van der Waals surface area contributed by atoms with Crippen LogP contribution in [0.4, 0.5) is 84.9 Å². The van der Waals surface area contributed by atoms with Crippen molar-refractivity contribution in [1.29, 1.82) is 0 Å². The van der Waals surface area contributed by atoms with Crippen LogP contribution < -0.4 is 5.34 Å². The van der Waals surface area contributed by atoms with Gasteiger partial charge in [0.15, 0.2) is 23.1 Å². The van der Waals surface area contributed by atoms with Crippen LogP contribution in [-0.4, -0.2) is 45.4 Å². The zero-order chi connectivity index (χ0) is 29.2. The van der Waals surface area contributed by atoms with E-state index in [4.69, 9.17) is 0 Å². The molecule has 23 heteroatoms. The van der Waals surface area contributed by atoms with Crippen LogP contribution in [-0.2, 0) is 20.2 Å². The van der Waals surface area contributed by atoms with Gasteiger partial charge < -0.3 is 0 Å². The van der Waals surface area contributed by atoms with Crippen LogP contribution in [0, 0.1) is 17.5 Å². The molecule has 0 spiro atoms. The fourth-order valence-electron chi connectivity index (χ4n) is 2.30. The third-order valence-electron chi connectivity index (χ3n) is 4.14. The summed E-state index contributed by atoms with van der Waals surface area (Å²) >= 11 is 0. The molecule has 0 aliphatic rings. The molecule has 36 heavy (non-hydrogen) atoms. The molecule has 0 atom stereocenters. The summed E-state index contributed by atoms with van der Waals surface area (Å²) in [6.07, 6.45) is -7.85. The summed E-state index contributed by atoms with van der Waals surface area (Å²) in [6.45, 7) is 0. The zero-order valence-corrected chi connectivity index (χ0v) is 16.7. The van der Waals surface area contributed by atoms with Gasteiger partial charge in [0.2, 0.25) is 0 Å². The molecule has 210 valence electrons. The Morgan fingerprint density at radius 3 is 1.36 bits per heavy atom. The van der Waals surface area contributed by atoms with Gasteiger partial charge in [-0.2, -0.15) is 65.5 Å². The topological polar surface area (TPSA) is 46.6 Å². The lowest BCUT2D eigenvalue weighted by Gasteiger charge is -2.40. The Morgan fingerprint density at radius 2 is 1.03 bits per heavy atom. The number of hydrogen-bond donors (Lipinski definition) is 0. The first kappa shape index (κ1) is 31.7. The van der Waals surface area contributed by atoms with E-state index < -0.39 is 84.8 Å². The summed E-state index contributed by atoms with van der Waals surface area (Å²) in [4.78, 5) is -3.64. The largest absolute Gasteiger partial charge is 0.460 e. The minimum absolute atomic E-state index is 0.220. The van der Waals surface area contributed by atoms with Crippen molar-refractivity contribution in [3.63, 3.8) is 0 Å². The van der Waals surface area contributed by atoms with Crippen molar-refractivity contribution in [3.05, 3.63) is 23.0 Å². The molecule has 0 fully saturated rings. The van der Waals surface area contributed by atoms with Gasteiger partial charge in [-0.25, -0.2) is 13.2 Å². The summed E-state index contributed by atoms with van der Waals surface area (Å²) in [5, 5.41) is -3.07. The smallest absolute Gasteiger partial charge is 0.270 e. The predicted octanol–water partition coefficient (Wildman–Crippen LogP) is 6.21. The molecule has 0 unspecified atom stereocenters. The lowest BCUT2D eigenvalue weighted by atomic mass is 9.90. The van der Waals surface area contributed by atoms with E-state index in [9.17, 15) is 87.6 Å². The minimum atomic E-state index is -8.65. The first-order chi connectivity index (χ1) is 15.6. The van der Waals surface area contributed by atoms with Gasteiger partial charge in [0.1, 0.15) is 4.90 Å². The summed E-state index contributed by atoms with van der Waals surface area (Å²) in [5.74, 6) is -53.1. The number of halogens is 18. The van der Waals surface area contributed by atoms with Gasteiger partial charge in [-0.05, 0) is 5.34 Å². The Balaban J connectivity index is 4.28. The first-order valence-electron chi connectivity index (χ1n) is 7.70. The number of nitrogens with zero attached hydrogens (tertiary/aromatic N) is 1. The summed E-state index contributed by atoms with van der Waals surface area (Å²) in [7, 11) is -6.84. The Morgan fingerprint density at radius 1 is 0.639 bits per heavy atom. The first-order valence-corrected chi connectivity index (χ1v) is 9.11. The Labute approximate surface area is 185 Å². The maximum atomic E-state index is 14.4. The van der Waals surface area contributed by atoms with E-state index in [1.165, 1.54) is 0 Å². The van der Waals surface area contributed by atoms with Crippen LogP contribution in [0.3, 0.4) is 0 Å². The summed E-state index contributed by atoms with van der Waals surface area (Å²) in [5.41, 5.74) is -7.86. The lowest BCUT2D eigenvalue weighted by Crippen LogP contribution is -2.69. The van der Waals surface area contributed by atoms with Gasteiger partial charge in [-0.15, -0.1) is 0 Å². The predicted molar refractivity (Wildman–Crippen MR) is 74.9 cm³/mol. The molecule has 4 nitrogen and oxygen atoms in total. The summed E-state index contributed by atoms with van der Waals surface area (Å²) in [6, 6.07) is 0.